The fourth-order valence-corrected chi connectivity index (χ4v) is 5.26. The highest BCUT2D eigenvalue weighted by Gasteiger charge is 2.30. The van der Waals surface area contributed by atoms with Crippen LogP contribution in [0.15, 0.2) is 29.8 Å². The van der Waals surface area contributed by atoms with Crippen LogP contribution in [0.2, 0.25) is 0 Å². The second kappa shape index (κ2) is 7.18. The molecule has 3 aromatic heterocycles. The molecule has 1 aliphatic rings. The van der Waals surface area contributed by atoms with Gasteiger partial charge in [-0.2, -0.15) is 0 Å². The Morgan fingerprint density at radius 1 is 1.29 bits per heavy atom. The lowest BCUT2D eigenvalue weighted by Crippen LogP contribution is -2.39. The van der Waals surface area contributed by atoms with Crippen LogP contribution in [-0.4, -0.2) is 33.1 Å². The Morgan fingerprint density at radius 2 is 2.11 bits per heavy atom. The van der Waals surface area contributed by atoms with Crippen molar-refractivity contribution in [2.75, 3.05) is 12.3 Å². The van der Waals surface area contributed by atoms with E-state index in [0.29, 0.717) is 13.1 Å². The first kappa shape index (κ1) is 18.9. The van der Waals surface area contributed by atoms with Gasteiger partial charge in [-0.15, -0.1) is 22.7 Å². The second-order valence-corrected chi connectivity index (χ2v) is 9.64. The fourth-order valence-electron chi connectivity index (χ4n) is 3.16. The van der Waals surface area contributed by atoms with Gasteiger partial charge in [0.15, 0.2) is 0 Å². The minimum Gasteiger partial charge on any atom is -0.444 e. The topological polar surface area (TPSA) is 81.3 Å². The number of fused-ring (bicyclic) bond motifs is 1. The van der Waals surface area contributed by atoms with Gasteiger partial charge in [-0.1, -0.05) is 6.07 Å². The van der Waals surface area contributed by atoms with Crippen molar-refractivity contribution >= 4 is 33.8 Å². The van der Waals surface area contributed by atoms with Crippen molar-refractivity contribution in [3.8, 4) is 22.0 Å². The van der Waals surface area contributed by atoms with Crippen LogP contribution in [0.5, 0.6) is 0 Å². The number of nitrogens with zero attached hydrogens (tertiary/aromatic N) is 3. The summed E-state index contributed by atoms with van der Waals surface area (Å²) in [6.45, 7) is 6.77. The minimum absolute atomic E-state index is 0.279. The Kier molecular flexibility index (Phi) is 4.84. The number of rotatable bonds is 2. The lowest BCUT2D eigenvalue weighted by Gasteiger charge is -2.30. The van der Waals surface area contributed by atoms with E-state index in [1.165, 1.54) is 16.9 Å². The molecule has 0 aliphatic carbocycles. The van der Waals surface area contributed by atoms with E-state index < -0.39 is 5.60 Å². The highest BCUT2D eigenvalue weighted by molar-refractivity contribution is 7.18. The first-order chi connectivity index (χ1) is 13.3. The van der Waals surface area contributed by atoms with Crippen LogP contribution in [0.25, 0.3) is 22.0 Å². The summed E-state index contributed by atoms with van der Waals surface area (Å²) in [7, 11) is 0. The van der Waals surface area contributed by atoms with Crippen LogP contribution in [0.4, 0.5) is 9.80 Å². The minimum atomic E-state index is -0.500. The van der Waals surface area contributed by atoms with Crippen LogP contribution in [0, 0.1) is 0 Å². The number of carbonyl (C=O) groups is 1. The molecule has 0 spiro atoms. The van der Waals surface area contributed by atoms with Gasteiger partial charge in [-0.05, 0) is 44.9 Å². The molecule has 0 fully saturated rings. The van der Waals surface area contributed by atoms with Gasteiger partial charge in [0.25, 0.3) is 0 Å². The zero-order valence-corrected chi connectivity index (χ0v) is 17.7. The lowest BCUT2D eigenvalue weighted by atomic mass is 10.0. The first-order valence-electron chi connectivity index (χ1n) is 9.07. The summed E-state index contributed by atoms with van der Waals surface area (Å²) >= 11 is 3.11. The zero-order valence-electron chi connectivity index (χ0n) is 16.1. The summed E-state index contributed by atoms with van der Waals surface area (Å²) in [4.78, 5) is 24.4. The third-order valence-electron chi connectivity index (χ3n) is 4.38. The third-order valence-corrected chi connectivity index (χ3v) is 6.29. The number of aromatic nitrogens is 2. The van der Waals surface area contributed by atoms with Crippen molar-refractivity contribution in [3.05, 3.63) is 40.2 Å². The number of nitrogen functional groups attached to an aromatic ring is 1. The van der Waals surface area contributed by atoms with Gasteiger partial charge in [0, 0.05) is 28.6 Å². The quantitative estimate of drug-likeness (QED) is 0.651. The molecule has 0 radical (unpaired) electrons. The third kappa shape index (κ3) is 3.74. The Morgan fingerprint density at radius 3 is 2.82 bits per heavy atom. The Hall–Kier alpha value is -2.45. The molecule has 4 rings (SSSR count). The van der Waals surface area contributed by atoms with E-state index >= 15 is 0 Å². The largest absolute Gasteiger partial charge is 0.444 e. The van der Waals surface area contributed by atoms with E-state index in [-0.39, 0.29) is 6.09 Å². The predicted octanol–water partition coefficient (Wildman–Crippen LogP) is 4.81. The molecule has 0 saturated carbocycles. The molecule has 1 aliphatic heterocycles. The maximum absolute atomic E-state index is 12.4. The first-order valence-corrected chi connectivity index (χ1v) is 10.8. The number of thiazole rings is 1. The van der Waals surface area contributed by atoms with Crippen LogP contribution < -0.4 is 5.73 Å². The number of carbonyl (C=O) groups excluding carboxylic acids is 1. The number of pyridine rings is 1. The molecule has 8 heteroatoms. The van der Waals surface area contributed by atoms with Gasteiger partial charge < -0.3 is 15.4 Å². The number of amides is 1. The van der Waals surface area contributed by atoms with Crippen molar-refractivity contribution in [1.82, 2.24) is 14.9 Å². The number of nitrogens with two attached hydrogens (primary N) is 1. The number of ether oxygens (including phenoxy) is 1. The second-order valence-electron chi connectivity index (χ2n) is 7.65. The lowest BCUT2D eigenvalue weighted by molar-refractivity contribution is 0.0227. The molecule has 3 aromatic rings. The number of hydrogen-bond donors (Lipinski definition) is 1. The van der Waals surface area contributed by atoms with Crippen LogP contribution in [0.1, 0.15) is 31.2 Å². The van der Waals surface area contributed by atoms with Gasteiger partial charge in [0.05, 0.1) is 17.2 Å². The van der Waals surface area contributed by atoms with Crippen LogP contribution >= 0.6 is 22.7 Å². The Labute approximate surface area is 172 Å². The van der Waals surface area contributed by atoms with Crippen LogP contribution in [-0.2, 0) is 17.7 Å². The standard InChI is InChI=1S/C20H22N4O2S2/c1-20(2,3)26-19(25)24-9-7-12-15(10-24)28-17(21)16(12)18-23-14(11-27-18)13-6-4-5-8-22-13/h4-6,8,11H,7,9-10,21H2,1-3H3. The SMILES string of the molecule is CC(C)(C)OC(=O)N1CCc2c(sc(N)c2-c2nc(-c3ccccn3)cs2)C1. The van der Waals surface area contributed by atoms with Crippen molar-refractivity contribution < 1.29 is 9.53 Å². The summed E-state index contributed by atoms with van der Waals surface area (Å²) in [5.41, 5.74) is 9.77. The molecule has 2 N–H and O–H groups in total. The van der Waals surface area contributed by atoms with E-state index in [4.69, 9.17) is 15.5 Å². The highest BCUT2D eigenvalue weighted by Crippen LogP contribution is 2.43. The zero-order chi connectivity index (χ0) is 19.9. The maximum Gasteiger partial charge on any atom is 0.410 e. The average Bonchev–Trinajstić information content (AvgIpc) is 3.23. The molecular weight excluding hydrogens is 392 g/mol. The Bertz CT molecular complexity index is 1010. The average molecular weight is 415 g/mol. The monoisotopic (exact) mass is 414 g/mol. The number of hydrogen-bond acceptors (Lipinski definition) is 7. The highest BCUT2D eigenvalue weighted by atomic mass is 32.1. The molecule has 1 amide bonds. The normalized spacial score (nSPS) is 14.0. The van der Waals surface area contributed by atoms with Gasteiger partial charge in [0.1, 0.15) is 16.3 Å². The maximum atomic E-state index is 12.4. The summed E-state index contributed by atoms with van der Waals surface area (Å²) in [6, 6.07) is 5.79. The van der Waals surface area contributed by atoms with Crippen molar-refractivity contribution in [3.63, 3.8) is 0 Å². The Balaban J connectivity index is 1.60. The fraction of sp³-hybridized carbons (Fsp3) is 0.350. The van der Waals surface area contributed by atoms with Crippen molar-refractivity contribution in [1.29, 1.82) is 0 Å². The van der Waals surface area contributed by atoms with Gasteiger partial charge in [0.2, 0.25) is 0 Å². The molecule has 0 aromatic carbocycles. The smallest absolute Gasteiger partial charge is 0.410 e. The van der Waals surface area contributed by atoms with Gasteiger partial charge in [-0.25, -0.2) is 9.78 Å². The van der Waals surface area contributed by atoms with E-state index in [0.717, 1.165) is 38.3 Å². The molecule has 0 bridgehead atoms. The molecule has 6 nitrogen and oxygen atoms in total. The van der Waals surface area contributed by atoms with Crippen LogP contribution in [0.3, 0.4) is 0 Å². The van der Waals surface area contributed by atoms with E-state index in [2.05, 4.69) is 4.98 Å². The van der Waals surface area contributed by atoms with E-state index in [1.807, 2.05) is 44.4 Å². The molecular formula is C20H22N4O2S2. The van der Waals surface area contributed by atoms with Gasteiger partial charge >= 0.3 is 6.09 Å². The summed E-state index contributed by atoms with van der Waals surface area (Å²) < 4.78 is 5.51. The molecule has 146 valence electrons. The predicted molar refractivity (Wildman–Crippen MR) is 113 cm³/mol. The molecule has 0 unspecified atom stereocenters. The van der Waals surface area contributed by atoms with Crippen molar-refractivity contribution in [2.45, 2.75) is 39.3 Å². The molecule has 0 atom stereocenters. The molecule has 0 saturated heterocycles. The van der Waals surface area contributed by atoms with E-state index in [1.54, 1.807) is 22.4 Å². The van der Waals surface area contributed by atoms with Gasteiger partial charge in [-0.3, -0.25) is 4.98 Å². The van der Waals surface area contributed by atoms with Crippen molar-refractivity contribution in [2.24, 2.45) is 0 Å². The summed E-state index contributed by atoms with van der Waals surface area (Å²) in [5, 5.41) is 3.66. The number of thiophene rings is 1. The number of anilines is 1. The molecule has 4 heterocycles. The summed E-state index contributed by atoms with van der Waals surface area (Å²) in [6.07, 6.45) is 2.23. The molecule has 28 heavy (non-hydrogen) atoms. The van der Waals surface area contributed by atoms with E-state index in [9.17, 15) is 4.79 Å². The summed E-state index contributed by atoms with van der Waals surface area (Å²) in [5.74, 6) is 0.